The first-order valence-electron chi connectivity index (χ1n) is 7.12. The molecule has 1 aromatic rings. The lowest BCUT2D eigenvalue weighted by Crippen LogP contribution is -2.15. The minimum absolute atomic E-state index is 0.0235. The van der Waals surface area contributed by atoms with E-state index in [1.54, 1.807) is 6.92 Å². The van der Waals surface area contributed by atoms with Crippen LogP contribution >= 0.6 is 0 Å². The Labute approximate surface area is 118 Å². The van der Waals surface area contributed by atoms with Gasteiger partial charge >= 0.3 is 5.69 Å². The van der Waals surface area contributed by atoms with Gasteiger partial charge in [-0.2, -0.15) is 4.98 Å². The lowest BCUT2D eigenvalue weighted by atomic mass is 10.1. The zero-order chi connectivity index (χ0) is 14.5. The lowest BCUT2D eigenvalue weighted by molar-refractivity contribution is -0.385. The minimum atomic E-state index is -0.415. The fourth-order valence-electron chi connectivity index (χ4n) is 2.60. The second-order valence-electron chi connectivity index (χ2n) is 5.15. The first-order valence-corrected chi connectivity index (χ1v) is 7.12. The Kier molecular flexibility index (Phi) is 4.70. The molecular weight excluding hydrogens is 258 g/mol. The highest BCUT2D eigenvalue weighted by atomic mass is 16.6. The molecule has 7 nitrogen and oxygen atoms in total. The third-order valence-corrected chi connectivity index (χ3v) is 3.61. The van der Waals surface area contributed by atoms with Gasteiger partial charge in [-0.25, -0.2) is 4.98 Å². The Balaban J connectivity index is 2.19. The number of hydrogen-bond donors (Lipinski definition) is 2. The molecule has 1 aromatic heterocycles. The summed E-state index contributed by atoms with van der Waals surface area (Å²) in [6, 6.07) is 0. The number of aryl methyl sites for hydroxylation is 1. The number of nitrogens with zero attached hydrogens (tertiary/aromatic N) is 3. The second-order valence-corrected chi connectivity index (χ2v) is 5.15. The van der Waals surface area contributed by atoms with Crippen molar-refractivity contribution in [3.63, 3.8) is 0 Å². The molecule has 2 N–H and O–H groups in total. The summed E-state index contributed by atoms with van der Waals surface area (Å²) in [5.74, 6) is 1.35. The van der Waals surface area contributed by atoms with Crippen LogP contribution in [0.2, 0.25) is 0 Å². The quantitative estimate of drug-likeness (QED) is 0.614. The number of rotatable bonds is 6. The molecule has 1 fully saturated rings. The van der Waals surface area contributed by atoms with Crippen molar-refractivity contribution < 1.29 is 4.92 Å². The van der Waals surface area contributed by atoms with Gasteiger partial charge in [-0.3, -0.25) is 10.1 Å². The van der Waals surface area contributed by atoms with E-state index in [0.717, 1.165) is 6.54 Å². The molecule has 0 saturated heterocycles. The number of hydrogen-bond acceptors (Lipinski definition) is 6. The summed E-state index contributed by atoms with van der Waals surface area (Å²) in [4.78, 5) is 19.1. The predicted molar refractivity (Wildman–Crippen MR) is 78.0 cm³/mol. The smallest absolute Gasteiger partial charge is 0.332 e. The van der Waals surface area contributed by atoms with Crippen LogP contribution in [0.15, 0.2) is 0 Å². The molecule has 1 aliphatic carbocycles. The second kappa shape index (κ2) is 6.49. The Morgan fingerprint density at radius 3 is 2.60 bits per heavy atom. The summed E-state index contributed by atoms with van der Waals surface area (Å²) in [6.45, 7) is 5.00. The van der Waals surface area contributed by atoms with Gasteiger partial charge in [0.25, 0.3) is 0 Å². The van der Waals surface area contributed by atoms with Gasteiger partial charge < -0.3 is 10.6 Å². The van der Waals surface area contributed by atoms with E-state index in [4.69, 9.17) is 0 Å². The van der Waals surface area contributed by atoms with Gasteiger partial charge in [0.05, 0.1) is 4.92 Å². The van der Waals surface area contributed by atoms with Crippen molar-refractivity contribution in [1.82, 2.24) is 9.97 Å². The first kappa shape index (κ1) is 14.5. The molecule has 1 aliphatic rings. The summed E-state index contributed by atoms with van der Waals surface area (Å²) in [5, 5.41) is 17.3. The molecule has 0 amide bonds. The first-order chi connectivity index (χ1) is 9.61. The van der Waals surface area contributed by atoms with Crippen LogP contribution in [0.5, 0.6) is 0 Å². The van der Waals surface area contributed by atoms with Crippen molar-refractivity contribution >= 4 is 17.5 Å². The number of aromatic nitrogens is 2. The maximum absolute atomic E-state index is 11.2. The fourth-order valence-corrected chi connectivity index (χ4v) is 2.60. The van der Waals surface area contributed by atoms with E-state index in [9.17, 15) is 10.1 Å². The molecule has 0 atom stereocenters. The van der Waals surface area contributed by atoms with Crippen LogP contribution in [-0.2, 0) is 0 Å². The molecule has 0 aliphatic heterocycles. The molecule has 1 heterocycles. The van der Waals surface area contributed by atoms with Gasteiger partial charge in [0, 0.05) is 13.1 Å². The largest absolute Gasteiger partial charge is 0.364 e. The highest BCUT2D eigenvalue weighted by Crippen LogP contribution is 2.29. The molecule has 7 heteroatoms. The lowest BCUT2D eigenvalue weighted by Gasteiger charge is -2.13. The topological polar surface area (TPSA) is 93.0 Å². The van der Waals surface area contributed by atoms with E-state index >= 15 is 0 Å². The molecule has 0 aromatic carbocycles. The van der Waals surface area contributed by atoms with Crippen molar-refractivity contribution in [3.05, 3.63) is 15.8 Å². The number of anilines is 2. The third-order valence-electron chi connectivity index (χ3n) is 3.61. The van der Waals surface area contributed by atoms with Crippen molar-refractivity contribution in [1.29, 1.82) is 0 Å². The normalized spacial score (nSPS) is 15.3. The molecule has 2 rings (SSSR count). The van der Waals surface area contributed by atoms with Crippen LogP contribution in [-0.4, -0.2) is 28.0 Å². The maximum atomic E-state index is 11.2. The van der Waals surface area contributed by atoms with Gasteiger partial charge in [-0.1, -0.05) is 12.8 Å². The highest BCUT2D eigenvalue weighted by Gasteiger charge is 2.23. The van der Waals surface area contributed by atoms with Gasteiger partial charge in [-0.05, 0) is 32.6 Å². The van der Waals surface area contributed by atoms with E-state index in [1.165, 1.54) is 25.7 Å². The third kappa shape index (κ3) is 3.34. The van der Waals surface area contributed by atoms with Crippen LogP contribution in [0.1, 0.15) is 38.3 Å². The van der Waals surface area contributed by atoms with Crippen molar-refractivity contribution in [2.45, 2.75) is 39.5 Å². The molecule has 0 bridgehead atoms. The summed E-state index contributed by atoms with van der Waals surface area (Å²) < 4.78 is 0. The molecule has 20 heavy (non-hydrogen) atoms. The average molecular weight is 279 g/mol. The number of nitrogens with one attached hydrogen (secondary N) is 2. The summed E-state index contributed by atoms with van der Waals surface area (Å²) >= 11 is 0. The predicted octanol–water partition coefficient (Wildman–Crippen LogP) is 2.73. The molecule has 110 valence electrons. The van der Waals surface area contributed by atoms with Crippen LogP contribution in [0, 0.1) is 23.0 Å². The van der Waals surface area contributed by atoms with Crippen LogP contribution in [0.25, 0.3) is 0 Å². The summed E-state index contributed by atoms with van der Waals surface area (Å²) in [5.41, 5.74) is 0.361. The van der Waals surface area contributed by atoms with E-state index in [2.05, 4.69) is 20.6 Å². The fraction of sp³-hybridized carbons (Fsp3) is 0.692. The minimum Gasteiger partial charge on any atom is -0.364 e. The Morgan fingerprint density at radius 1 is 1.30 bits per heavy atom. The Morgan fingerprint density at radius 2 is 2.00 bits per heavy atom. The zero-order valence-electron chi connectivity index (χ0n) is 12.0. The van der Waals surface area contributed by atoms with Crippen LogP contribution < -0.4 is 10.6 Å². The van der Waals surface area contributed by atoms with Gasteiger partial charge in [-0.15, -0.1) is 0 Å². The van der Waals surface area contributed by atoms with Gasteiger partial charge in [0.1, 0.15) is 5.69 Å². The highest BCUT2D eigenvalue weighted by molar-refractivity contribution is 5.60. The average Bonchev–Trinajstić information content (AvgIpc) is 2.88. The Bertz CT molecular complexity index is 486. The van der Waals surface area contributed by atoms with Crippen molar-refractivity contribution in [2.75, 3.05) is 23.7 Å². The zero-order valence-corrected chi connectivity index (χ0v) is 12.0. The molecule has 0 radical (unpaired) electrons. The SMILES string of the molecule is CCNc1nc(C)c([N+](=O)[O-])c(NCC2CCCC2)n1. The summed E-state index contributed by atoms with van der Waals surface area (Å²) in [6.07, 6.45) is 4.87. The van der Waals surface area contributed by atoms with E-state index in [1.807, 2.05) is 6.92 Å². The summed E-state index contributed by atoms with van der Waals surface area (Å²) in [7, 11) is 0. The van der Waals surface area contributed by atoms with Gasteiger partial charge in [0.15, 0.2) is 0 Å². The van der Waals surface area contributed by atoms with Crippen LogP contribution in [0.4, 0.5) is 17.5 Å². The Hall–Kier alpha value is -1.92. The molecule has 1 saturated carbocycles. The molecule has 0 unspecified atom stereocenters. The van der Waals surface area contributed by atoms with Crippen molar-refractivity contribution in [2.24, 2.45) is 5.92 Å². The molecule has 0 spiro atoms. The van der Waals surface area contributed by atoms with Crippen LogP contribution in [0.3, 0.4) is 0 Å². The monoisotopic (exact) mass is 279 g/mol. The van der Waals surface area contributed by atoms with E-state index in [0.29, 0.717) is 29.9 Å². The van der Waals surface area contributed by atoms with Crippen molar-refractivity contribution in [3.8, 4) is 0 Å². The maximum Gasteiger partial charge on any atom is 0.332 e. The number of nitro groups is 1. The van der Waals surface area contributed by atoms with E-state index in [-0.39, 0.29) is 5.69 Å². The molecular formula is C13H21N5O2. The van der Waals surface area contributed by atoms with Gasteiger partial charge in [0.2, 0.25) is 11.8 Å². The van der Waals surface area contributed by atoms with E-state index < -0.39 is 4.92 Å². The standard InChI is InChI=1S/C13H21N5O2/c1-3-14-13-16-9(2)11(18(19)20)12(17-13)15-8-10-6-4-5-7-10/h10H,3-8H2,1-2H3,(H2,14,15,16,17).